The fourth-order valence-corrected chi connectivity index (χ4v) is 10.0. The highest BCUT2D eigenvalue weighted by molar-refractivity contribution is 6.89. The lowest BCUT2D eigenvalue weighted by Crippen LogP contribution is -2.37. The molecule has 0 aliphatic rings. The fourth-order valence-electron chi connectivity index (χ4n) is 6.60. The predicted molar refractivity (Wildman–Crippen MR) is 256 cm³/mol. The zero-order chi connectivity index (χ0) is 41.8. The highest BCUT2D eigenvalue weighted by Crippen LogP contribution is 2.35. The maximum Gasteiger partial charge on any atom is 0.130 e. The van der Waals surface area contributed by atoms with Crippen molar-refractivity contribution in [1.29, 1.82) is 0 Å². The number of hydrogen-bond donors (Lipinski definition) is 0. The summed E-state index contributed by atoms with van der Waals surface area (Å²) in [6, 6.07) is 41.4. The molecular weight excluding hydrogens is 768 g/mol. The molecule has 0 aliphatic heterocycles. The molecule has 0 spiro atoms. The zero-order valence-corrected chi connectivity index (χ0v) is 38.2. The molecule has 0 aliphatic carbocycles. The molecule has 296 valence electrons. The van der Waals surface area contributed by atoms with Crippen LogP contribution in [0.25, 0.3) is 36.5 Å². The van der Waals surface area contributed by atoms with Crippen molar-refractivity contribution >= 4 is 93.3 Å². The Labute approximate surface area is 347 Å². The molecule has 6 aromatic rings. The second-order valence-electron chi connectivity index (χ2n) is 18.1. The Morgan fingerprint density at radius 2 is 0.569 bits per heavy atom. The first-order valence-corrected chi connectivity index (χ1v) is 30.4. The van der Waals surface area contributed by atoms with Gasteiger partial charge in [0.25, 0.3) is 0 Å². The van der Waals surface area contributed by atoms with Crippen LogP contribution in [-0.2, 0) is 0 Å². The third-order valence-electron chi connectivity index (χ3n) is 10.4. The second kappa shape index (κ2) is 17.3. The Morgan fingerprint density at radius 3 is 0.776 bits per heavy atom. The first-order chi connectivity index (χ1) is 27.3. The highest BCUT2D eigenvalue weighted by atomic mass is 28.3. The minimum absolute atomic E-state index is 0.203. The smallest absolute Gasteiger partial charge is 0.130 e. The molecule has 0 saturated carbocycles. The van der Waals surface area contributed by atoms with E-state index >= 15 is 13.2 Å². The van der Waals surface area contributed by atoms with E-state index in [0.717, 1.165) is 49.3 Å². The van der Waals surface area contributed by atoms with Crippen LogP contribution in [0.5, 0.6) is 0 Å². The first-order valence-electron chi connectivity index (χ1n) is 19.9. The van der Waals surface area contributed by atoms with Gasteiger partial charge in [-0.15, -0.1) is 0 Å². The minimum atomic E-state index is -1.61. The van der Waals surface area contributed by atoms with Crippen LogP contribution < -0.4 is 20.5 Å². The first kappa shape index (κ1) is 42.4. The fraction of sp³-hybridized carbons (Fsp3) is 0.176. The SMILES string of the molecule is C[Si](C)(C)c1ccc(/C=C/c2ccc(N(c3ccc(/C=C/c4ccc([Si](C)(C)C)cc4F)cc3)c3ccc(/C=C/c4ccc([Si](C)(C)C)cc4F)cc3)cc2)c(F)c1. The molecule has 6 aromatic carbocycles. The van der Waals surface area contributed by atoms with Crippen LogP contribution in [0, 0.1) is 17.5 Å². The van der Waals surface area contributed by atoms with E-state index in [0.29, 0.717) is 16.7 Å². The van der Waals surface area contributed by atoms with Gasteiger partial charge in [-0.05, 0) is 71.3 Å². The van der Waals surface area contributed by atoms with Crippen molar-refractivity contribution in [3.8, 4) is 0 Å². The van der Waals surface area contributed by atoms with E-state index in [1.807, 2.05) is 109 Å². The summed E-state index contributed by atoms with van der Waals surface area (Å²) in [5, 5.41) is 3.30. The van der Waals surface area contributed by atoms with Crippen molar-refractivity contribution in [3.05, 3.63) is 178 Å². The zero-order valence-electron chi connectivity index (χ0n) is 35.2. The topological polar surface area (TPSA) is 3.24 Å². The van der Waals surface area contributed by atoms with Gasteiger partial charge >= 0.3 is 0 Å². The van der Waals surface area contributed by atoms with Crippen LogP contribution in [0.15, 0.2) is 127 Å². The lowest BCUT2D eigenvalue weighted by Gasteiger charge is -2.26. The van der Waals surface area contributed by atoms with Gasteiger partial charge in [0.05, 0.1) is 24.2 Å². The van der Waals surface area contributed by atoms with Gasteiger partial charge in [-0.3, -0.25) is 0 Å². The van der Waals surface area contributed by atoms with Crippen LogP contribution in [0.1, 0.15) is 33.4 Å². The maximum absolute atomic E-state index is 15.0. The van der Waals surface area contributed by atoms with Gasteiger partial charge in [0.1, 0.15) is 17.5 Å². The molecule has 0 N–H and O–H groups in total. The summed E-state index contributed by atoms with van der Waals surface area (Å²) < 4.78 is 45.1. The molecule has 1 nitrogen and oxygen atoms in total. The molecule has 0 saturated heterocycles. The summed E-state index contributed by atoms with van der Waals surface area (Å²) in [5.74, 6) is -0.609. The lowest BCUT2D eigenvalue weighted by molar-refractivity contribution is 0.626. The molecule has 0 amide bonds. The third kappa shape index (κ3) is 10.6. The number of anilines is 3. The van der Waals surface area contributed by atoms with Crippen LogP contribution >= 0.6 is 0 Å². The van der Waals surface area contributed by atoms with Crippen molar-refractivity contribution < 1.29 is 13.2 Å². The molecule has 7 heteroatoms. The quantitative estimate of drug-likeness (QED) is 0.0878. The molecule has 58 heavy (non-hydrogen) atoms. The van der Waals surface area contributed by atoms with Gasteiger partial charge in [-0.1, -0.05) is 184 Å². The average molecular weight is 822 g/mol. The van der Waals surface area contributed by atoms with E-state index in [1.54, 1.807) is 18.2 Å². The van der Waals surface area contributed by atoms with E-state index in [4.69, 9.17) is 0 Å². The Morgan fingerprint density at radius 1 is 0.328 bits per heavy atom. The van der Waals surface area contributed by atoms with Gasteiger partial charge in [-0.25, -0.2) is 13.2 Å². The third-order valence-corrected chi connectivity index (χ3v) is 16.5. The van der Waals surface area contributed by atoms with Crippen molar-refractivity contribution in [2.45, 2.75) is 58.9 Å². The van der Waals surface area contributed by atoms with Crippen LogP contribution in [0.2, 0.25) is 58.9 Å². The highest BCUT2D eigenvalue weighted by Gasteiger charge is 2.20. The van der Waals surface area contributed by atoms with E-state index in [-0.39, 0.29) is 17.5 Å². The number of rotatable bonds is 12. The molecule has 0 radical (unpaired) electrons. The molecule has 0 fully saturated rings. The van der Waals surface area contributed by atoms with Gasteiger partial charge in [0, 0.05) is 33.8 Å². The number of benzene rings is 6. The average Bonchev–Trinajstić information content (AvgIpc) is 3.17. The molecule has 0 atom stereocenters. The van der Waals surface area contributed by atoms with Crippen molar-refractivity contribution in [2.75, 3.05) is 4.90 Å². The predicted octanol–water partition coefficient (Wildman–Crippen LogP) is 13.7. The van der Waals surface area contributed by atoms with Gasteiger partial charge < -0.3 is 4.90 Å². The lowest BCUT2D eigenvalue weighted by atomic mass is 10.1. The second-order valence-corrected chi connectivity index (χ2v) is 33.3. The van der Waals surface area contributed by atoms with Gasteiger partial charge in [0.15, 0.2) is 0 Å². The Hall–Kier alpha value is -5.22. The summed E-state index contributed by atoms with van der Waals surface area (Å²) in [6.45, 7) is 19.9. The van der Waals surface area contributed by atoms with E-state index < -0.39 is 24.2 Å². The summed E-state index contributed by atoms with van der Waals surface area (Å²) in [7, 11) is -4.83. The largest absolute Gasteiger partial charge is 0.311 e. The van der Waals surface area contributed by atoms with Crippen molar-refractivity contribution in [3.63, 3.8) is 0 Å². The molecule has 0 unspecified atom stereocenters. The number of halogens is 3. The van der Waals surface area contributed by atoms with Gasteiger partial charge in [-0.2, -0.15) is 0 Å². The Kier molecular flexibility index (Phi) is 12.7. The summed E-state index contributed by atoms with van der Waals surface area (Å²) in [6.07, 6.45) is 11.3. The number of nitrogens with zero attached hydrogens (tertiary/aromatic N) is 1. The Balaban J connectivity index is 1.27. The minimum Gasteiger partial charge on any atom is -0.311 e. The molecule has 0 aromatic heterocycles. The summed E-state index contributed by atoms with van der Waals surface area (Å²) >= 11 is 0. The van der Waals surface area contributed by atoms with E-state index in [9.17, 15) is 0 Å². The van der Waals surface area contributed by atoms with Crippen molar-refractivity contribution in [2.24, 2.45) is 0 Å². The molecule has 6 rings (SSSR count). The maximum atomic E-state index is 15.0. The molecule has 0 bridgehead atoms. The van der Waals surface area contributed by atoms with Crippen LogP contribution in [-0.4, -0.2) is 24.2 Å². The summed E-state index contributed by atoms with van der Waals surface area (Å²) in [5.41, 5.74) is 7.39. The molecule has 0 heterocycles. The van der Waals surface area contributed by atoms with E-state index in [1.165, 1.54) is 0 Å². The normalized spacial score (nSPS) is 12.6. The molecular formula is C51H54F3NSi3. The monoisotopic (exact) mass is 821 g/mol. The van der Waals surface area contributed by atoms with Crippen LogP contribution in [0.4, 0.5) is 30.2 Å². The van der Waals surface area contributed by atoms with Gasteiger partial charge in [0.2, 0.25) is 0 Å². The van der Waals surface area contributed by atoms with Crippen LogP contribution in [0.3, 0.4) is 0 Å². The Bertz CT molecular complexity index is 2190. The summed E-state index contributed by atoms with van der Waals surface area (Å²) in [4.78, 5) is 2.17. The number of hydrogen-bond acceptors (Lipinski definition) is 1. The van der Waals surface area contributed by atoms with E-state index in [2.05, 4.69) is 100 Å². The van der Waals surface area contributed by atoms with Crippen molar-refractivity contribution in [1.82, 2.24) is 0 Å². The standard InChI is InChI=1S/C51H54F3NSi3/c1-56(2,3)46-31-22-40(49(52)34-46)19-10-37-13-25-43(26-14-37)55(44-27-15-38(16-28-44)11-20-41-23-32-47(35-50(41)53)57(4,5)6)45-29-17-39(18-30-45)12-21-42-24-33-48(36-51(42)54)58(7,8)9/h10-36H,1-9H3/b19-10+,20-11+,21-12+.